The smallest absolute Gasteiger partial charge is 0.387 e. The van der Waals surface area contributed by atoms with Crippen molar-refractivity contribution in [2.45, 2.75) is 43.9 Å². The predicted molar refractivity (Wildman–Crippen MR) is 159 cm³/mol. The van der Waals surface area contributed by atoms with Gasteiger partial charge in [-0.2, -0.15) is 13.5 Å². The van der Waals surface area contributed by atoms with Crippen LogP contribution in [-0.2, 0) is 22.5 Å². The summed E-state index contributed by atoms with van der Waals surface area (Å²) >= 11 is 13.9. The molecule has 3 aromatic rings. The van der Waals surface area contributed by atoms with E-state index in [0.717, 1.165) is 25.2 Å². The van der Waals surface area contributed by atoms with Crippen molar-refractivity contribution >= 4 is 46.8 Å². The molecule has 10 nitrogen and oxygen atoms in total. The average Bonchev–Trinajstić information content (AvgIpc) is 3.69. The Balaban J connectivity index is 1.45. The highest BCUT2D eigenvalue weighted by Gasteiger charge is 2.39. The van der Waals surface area contributed by atoms with Crippen LogP contribution in [0.1, 0.15) is 46.1 Å². The number of nitrogens with zero attached hydrogens (tertiary/aromatic N) is 3. The molecule has 2 aliphatic rings. The van der Waals surface area contributed by atoms with Gasteiger partial charge in [-0.15, -0.1) is 11.8 Å². The van der Waals surface area contributed by atoms with Crippen molar-refractivity contribution in [3.63, 3.8) is 0 Å². The molecular weight excluding hydrogens is 641 g/mol. The monoisotopic (exact) mass is 668 g/mol. The number of aromatic nitrogens is 2. The van der Waals surface area contributed by atoms with Crippen molar-refractivity contribution in [3.8, 4) is 11.5 Å². The minimum absolute atomic E-state index is 0.0364. The topological polar surface area (TPSA) is 131 Å². The van der Waals surface area contributed by atoms with E-state index in [0.29, 0.717) is 39.7 Å². The minimum atomic E-state index is -3.08. The van der Waals surface area contributed by atoms with Gasteiger partial charge in [0.2, 0.25) is 0 Å². The van der Waals surface area contributed by atoms with E-state index in [2.05, 4.69) is 9.72 Å². The summed E-state index contributed by atoms with van der Waals surface area (Å²) in [7, 11) is 0. The van der Waals surface area contributed by atoms with Crippen molar-refractivity contribution in [2.24, 2.45) is 11.7 Å². The molecule has 44 heavy (non-hydrogen) atoms. The van der Waals surface area contributed by atoms with Crippen molar-refractivity contribution in [1.29, 1.82) is 0 Å². The van der Waals surface area contributed by atoms with Crippen LogP contribution in [-0.4, -0.2) is 52.7 Å². The van der Waals surface area contributed by atoms with Crippen LogP contribution < -0.4 is 19.9 Å². The molecular formula is C29H28Cl2F2N4O6S. The van der Waals surface area contributed by atoms with Gasteiger partial charge in [0, 0.05) is 37.0 Å². The van der Waals surface area contributed by atoms with E-state index in [1.807, 2.05) is 0 Å². The van der Waals surface area contributed by atoms with Crippen LogP contribution in [0.4, 0.5) is 8.78 Å². The summed E-state index contributed by atoms with van der Waals surface area (Å²) in [4.78, 5) is 32.5. The number of rotatable bonds is 12. The molecule has 1 amide bonds. The van der Waals surface area contributed by atoms with E-state index in [-0.39, 0.29) is 46.7 Å². The van der Waals surface area contributed by atoms with Gasteiger partial charge in [0.05, 0.1) is 6.61 Å². The average molecular weight is 670 g/mol. The second kappa shape index (κ2) is 14.1. The van der Waals surface area contributed by atoms with E-state index < -0.39 is 30.0 Å². The standard InChI is InChI=1S/C29H28Cl2F2N4O6S/c30-20-13-36(40)14-21(31)19(20)11-24(18-3-4-23(43-29(32)33)25(10-18)41-15-16-1-2-16)42-28(39)27-37(7-8-44-27)26(38)22-9-17(12-34)5-6-35-22/h3-6,9-10,13-14,16,24,27,29H,1-2,7-8,11-12,15,34H2/t24-,27?/m0/s1. The molecule has 0 radical (unpaired) electrons. The molecule has 234 valence electrons. The van der Waals surface area contributed by atoms with Gasteiger partial charge in [0.1, 0.15) is 21.8 Å². The zero-order valence-corrected chi connectivity index (χ0v) is 25.5. The zero-order valence-electron chi connectivity index (χ0n) is 23.2. The number of ether oxygens (including phenoxy) is 3. The first-order chi connectivity index (χ1) is 21.1. The van der Waals surface area contributed by atoms with E-state index >= 15 is 0 Å². The maximum Gasteiger partial charge on any atom is 0.387 e. The summed E-state index contributed by atoms with van der Waals surface area (Å²) in [6.07, 6.45) is 4.49. The van der Waals surface area contributed by atoms with E-state index in [4.69, 9.17) is 38.4 Å². The zero-order chi connectivity index (χ0) is 31.4. The van der Waals surface area contributed by atoms with Crippen LogP contribution in [0, 0.1) is 11.1 Å². The van der Waals surface area contributed by atoms with Gasteiger partial charge in [-0.1, -0.05) is 29.3 Å². The van der Waals surface area contributed by atoms with Crippen molar-refractivity contribution < 1.29 is 37.3 Å². The number of carbonyl (C=O) groups excluding carboxylic acids is 2. The molecule has 1 aliphatic heterocycles. The number of halogens is 4. The Morgan fingerprint density at radius 2 is 1.91 bits per heavy atom. The second-order valence-electron chi connectivity index (χ2n) is 10.2. The van der Waals surface area contributed by atoms with Gasteiger partial charge < -0.3 is 30.1 Å². The molecule has 1 saturated heterocycles. The lowest BCUT2D eigenvalue weighted by Crippen LogP contribution is -2.41. The van der Waals surface area contributed by atoms with E-state index in [1.165, 1.54) is 41.1 Å². The van der Waals surface area contributed by atoms with E-state index in [9.17, 15) is 23.6 Å². The first-order valence-electron chi connectivity index (χ1n) is 13.7. The summed E-state index contributed by atoms with van der Waals surface area (Å²) in [6.45, 7) is -2.28. The molecule has 1 unspecified atom stereocenters. The van der Waals surface area contributed by atoms with E-state index in [1.54, 1.807) is 12.1 Å². The Kier molecular flexibility index (Phi) is 10.3. The Morgan fingerprint density at radius 3 is 2.59 bits per heavy atom. The summed E-state index contributed by atoms with van der Waals surface area (Å²) in [5, 5.41) is 10.9. The number of nitrogens with two attached hydrogens (primary N) is 1. The molecule has 5 rings (SSSR count). The van der Waals surface area contributed by atoms with Gasteiger partial charge >= 0.3 is 12.6 Å². The van der Waals surface area contributed by atoms with Crippen molar-refractivity contribution in [2.75, 3.05) is 18.9 Å². The van der Waals surface area contributed by atoms with Gasteiger partial charge in [0.25, 0.3) is 5.91 Å². The Morgan fingerprint density at radius 1 is 1.16 bits per heavy atom. The maximum absolute atomic E-state index is 13.7. The number of benzene rings is 1. The van der Waals surface area contributed by atoms with Crippen LogP contribution in [0.2, 0.25) is 10.0 Å². The Hall–Kier alpha value is -3.39. The summed E-state index contributed by atoms with van der Waals surface area (Å²) in [5.41, 5.74) is 7.26. The highest BCUT2D eigenvalue weighted by Crippen LogP contribution is 2.38. The molecule has 0 bridgehead atoms. The lowest BCUT2D eigenvalue weighted by Gasteiger charge is -2.26. The van der Waals surface area contributed by atoms with Gasteiger partial charge in [0.15, 0.2) is 29.3 Å². The normalized spacial score (nSPS) is 17.0. The largest absolute Gasteiger partial charge is 0.619 e. The third-order valence-corrected chi connectivity index (χ3v) is 8.90. The van der Waals surface area contributed by atoms with Crippen molar-refractivity contribution in [1.82, 2.24) is 9.88 Å². The minimum Gasteiger partial charge on any atom is -0.619 e. The van der Waals surface area contributed by atoms with Gasteiger partial charge in [-0.05, 0) is 54.2 Å². The van der Waals surface area contributed by atoms with Crippen LogP contribution in [0.15, 0.2) is 48.9 Å². The molecule has 2 N–H and O–H groups in total. The van der Waals surface area contributed by atoms with Crippen molar-refractivity contribution in [3.05, 3.63) is 86.6 Å². The fourth-order valence-electron chi connectivity index (χ4n) is 4.60. The number of carbonyl (C=O) groups is 2. The highest BCUT2D eigenvalue weighted by molar-refractivity contribution is 8.00. The number of hydrogen-bond donors (Lipinski definition) is 1. The number of hydrogen-bond acceptors (Lipinski definition) is 9. The highest BCUT2D eigenvalue weighted by atomic mass is 35.5. The molecule has 15 heteroatoms. The lowest BCUT2D eigenvalue weighted by atomic mass is 10.0. The Bertz CT molecular complexity index is 1510. The number of amides is 1. The second-order valence-corrected chi connectivity index (χ2v) is 12.2. The maximum atomic E-state index is 13.7. The lowest BCUT2D eigenvalue weighted by molar-refractivity contribution is -0.605. The van der Waals surface area contributed by atoms with Crippen LogP contribution in [0.25, 0.3) is 0 Å². The van der Waals surface area contributed by atoms with Crippen LogP contribution >= 0.6 is 35.0 Å². The first kappa shape index (κ1) is 32.0. The number of esters is 1. The molecule has 2 aromatic heterocycles. The fraction of sp³-hybridized carbons (Fsp3) is 0.379. The third-order valence-electron chi connectivity index (χ3n) is 7.07. The van der Waals surface area contributed by atoms with Crippen LogP contribution in [0.5, 0.6) is 11.5 Å². The van der Waals surface area contributed by atoms with Gasteiger partial charge in [-0.3, -0.25) is 9.78 Å². The summed E-state index contributed by atoms with van der Waals surface area (Å²) in [6, 6.07) is 7.50. The molecule has 1 saturated carbocycles. The molecule has 1 aliphatic carbocycles. The quantitative estimate of drug-likeness (QED) is 0.162. The molecule has 3 heterocycles. The number of pyridine rings is 2. The Labute approximate surface area is 265 Å². The molecule has 2 atom stereocenters. The van der Waals surface area contributed by atoms with Gasteiger partial charge in [-0.25, -0.2) is 4.79 Å². The summed E-state index contributed by atoms with van der Waals surface area (Å²) in [5.74, 6) is -0.510. The first-order valence-corrected chi connectivity index (χ1v) is 15.5. The molecule has 0 spiro atoms. The molecule has 2 fully saturated rings. The number of alkyl halides is 2. The summed E-state index contributed by atoms with van der Waals surface area (Å²) < 4.78 is 43.2. The third kappa shape index (κ3) is 7.81. The van der Waals surface area contributed by atoms with Crippen LogP contribution in [0.3, 0.4) is 0 Å². The molecule has 1 aromatic carbocycles. The number of thioether (sulfide) groups is 1. The fourth-order valence-corrected chi connectivity index (χ4v) is 6.30. The predicted octanol–water partition coefficient (Wildman–Crippen LogP) is 4.91. The SMILES string of the molecule is NCc1ccnc(C(=O)N2CCSC2C(=O)O[C@@H](Cc2c(Cl)c[n+]([O-])cc2Cl)c2ccc(OC(F)F)c(OCC3CC3)c2)c1.